The lowest BCUT2D eigenvalue weighted by Gasteiger charge is -2.33. The molecule has 0 amide bonds. The second-order valence-corrected chi connectivity index (χ2v) is 6.42. The maximum absolute atomic E-state index is 11.0. The van der Waals surface area contributed by atoms with Crippen LogP contribution in [0.4, 0.5) is 0 Å². The Morgan fingerprint density at radius 3 is 2.21 bits per heavy atom. The molecule has 0 saturated carbocycles. The average Bonchev–Trinajstić information content (AvgIpc) is 2.51. The van der Waals surface area contributed by atoms with Crippen molar-refractivity contribution in [2.24, 2.45) is 0 Å². The van der Waals surface area contributed by atoms with Crippen molar-refractivity contribution in [1.29, 1.82) is 0 Å². The fourth-order valence-corrected chi connectivity index (χ4v) is 3.17. The molecule has 1 fully saturated rings. The second-order valence-electron chi connectivity index (χ2n) is 6.42. The molecule has 2 aliphatic rings. The number of carbonyl (C=O) groups is 2. The van der Waals surface area contributed by atoms with Crippen molar-refractivity contribution in [2.45, 2.75) is 12.8 Å². The Morgan fingerprint density at radius 1 is 0.750 bits per heavy atom. The van der Waals surface area contributed by atoms with Crippen molar-refractivity contribution in [1.82, 2.24) is 19.6 Å². The van der Waals surface area contributed by atoms with Crippen molar-refractivity contribution in [3.05, 3.63) is 12.4 Å². The van der Waals surface area contributed by atoms with E-state index in [-0.39, 0.29) is 13.1 Å². The highest BCUT2D eigenvalue weighted by Crippen LogP contribution is 2.06. The Balaban J connectivity index is 2.03. The highest BCUT2D eigenvalue weighted by Gasteiger charge is 2.17. The van der Waals surface area contributed by atoms with Crippen LogP contribution in [-0.2, 0) is 9.59 Å². The molecular formula is C16H28N4O4. The van der Waals surface area contributed by atoms with Gasteiger partial charge in [-0.25, -0.2) is 0 Å². The van der Waals surface area contributed by atoms with Crippen LogP contribution in [0, 0.1) is 0 Å². The van der Waals surface area contributed by atoms with Crippen LogP contribution < -0.4 is 0 Å². The second kappa shape index (κ2) is 9.48. The highest BCUT2D eigenvalue weighted by molar-refractivity contribution is 5.69. The molecule has 2 aliphatic heterocycles. The number of carboxylic acids is 2. The zero-order valence-corrected chi connectivity index (χ0v) is 14.1. The maximum atomic E-state index is 11.0. The summed E-state index contributed by atoms with van der Waals surface area (Å²) in [5.41, 5.74) is 0. The molecule has 1 unspecified atom stereocenters. The lowest BCUT2D eigenvalue weighted by atomic mass is 10.2. The number of rotatable bonds is 4. The molecule has 2 rings (SSSR count). The van der Waals surface area contributed by atoms with Gasteiger partial charge in [0.2, 0.25) is 0 Å². The molecule has 8 heteroatoms. The molecule has 8 nitrogen and oxygen atoms in total. The molecule has 0 aromatic heterocycles. The zero-order valence-electron chi connectivity index (χ0n) is 14.1. The maximum Gasteiger partial charge on any atom is 0.323 e. The van der Waals surface area contributed by atoms with Gasteiger partial charge in [-0.1, -0.05) is 0 Å². The first kappa shape index (κ1) is 18.5. The molecular weight excluding hydrogens is 312 g/mol. The Hall–Kier alpha value is -1.80. The van der Waals surface area contributed by atoms with Crippen molar-refractivity contribution in [2.75, 3.05) is 65.4 Å². The minimum Gasteiger partial charge on any atom is -0.480 e. The van der Waals surface area contributed by atoms with Gasteiger partial charge in [0.15, 0.2) is 0 Å². The molecule has 0 aromatic carbocycles. The van der Waals surface area contributed by atoms with Gasteiger partial charge >= 0.3 is 11.9 Å². The Morgan fingerprint density at radius 2 is 1.46 bits per heavy atom. The Kier molecular flexibility index (Phi) is 7.33. The first-order chi connectivity index (χ1) is 11.5. The van der Waals surface area contributed by atoms with Gasteiger partial charge in [0, 0.05) is 58.2 Å². The summed E-state index contributed by atoms with van der Waals surface area (Å²) < 4.78 is 0. The number of aliphatic carboxylic acids is 2. The van der Waals surface area contributed by atoms with Crippen LogP contribution in [0.3, 0.4) is 0 Å². The first-order valence-electron chi connectivity index (χ1n) is 8.57. The molecule has 136 valence electrons. The SMILES string of the molecule is O=C(O)CN1/C=C\N2CCCN(CC(=O)O)CCN(CCC1)CC2. The van der Waals surface area contributed by atoms with Crippen LogP contribution in [-0.4, -0.2) is 107 Å². The quantitative estimate of drug-likeness (QED) is 0.718. The molecule has 0 aromatic rings. The summed E-state index contributed by atoms with van der Waals surface area (Å²) in [5, 5.41) is 18.1. The largest absolute Gasteiger partial charge is 0.480 e. The monoisotopic (exact) mass is 340 g/mol. The number of fused-ring (bicyclic) bond motifs is 3. The number of carboxylic acid groups (broad SMARTS) is 2. The van der Waals surface area contributed by atoms with Crippen molar-refractivity contribution in [3.63, 3.8) is 0 Å². The fraction of sp³-hybridized carbons (Fsp3) is 0.750. The molecule has 2 bridgehead atoms. The standard InChI is InChI=1S/C16H28N4O4/c21-15(22)13-19-5-1-3-17-7-8-18(10-11-19)4-2-6-20(12-9-17)14-16(23)24/h9,12H,1-8,10-11,13-14H2,(H,21,22)(H,23,24)/b12-9-. The van der Waals surface area contributed by atoms with Gasteiger partial charge in [0.05, 0.1) is 6.54 Å². The summed E-state index contributed by atoms with van der Waals surface area (Å²) in [4.78, 5) is 30.4. The summed E-state index contributed by atoms with van der Waals surface area (Å²) in [6.45, 7) is 6.83. The lowest BCUT2D eigenvalue weighted by Crippen LogP contribution is -2.44. The van der Waals surface area contributed by atoms with Gasteiger partial charge in [-0.3, -0.25) is 14.5 Å². The van der Waals surface area contributed by atoms with Crippen molar-refractivity contribution >= 4 is 11.9 Å². The summed E-state index contributed by atoms with van der Waals surface area (Å²) >= 11 is 0. The predicted octanol–water partition coefficient (Wildman–Crippen LogP) is -0.358. The van der Waals surface area contributed by atoms with E-state index in [4.69, 9.17) is 10.2 Å². The molecule has 1 atom stereocenters. The van der Waals surface area contributed by atoms with Gasteiger partial charge in [-0.05, 0) is 19.4 Å². The first-order valence-corrected chi connectivity index (χ1v) is 8.57. The molecule has 1 saturated heterocycles. The van der Waals surface area contributed by atoms with Crippen LogP contribution in [0.25, 0.3) is 0 Å². The number of nitrogens with zero attached hydrogens (tertiary/aromatic N) is 4. The van der Waals surface area contributed by atoms with Gasteiger partial charge in [-0.2, -0.15) is 0 Å². The lowest BCUT2D eigenvalue weighted by molar-refractivity contribution is -0.139. The number of hydrogen-bond acceptors (Lipinski definition) is 6. The van der Waals surface area contributed by atoms with E-state index in [9.17, 15) is 9.59 Å². The normalized spacial score (nSPS) is 25.2. The van der Waals surface area contributed by atoms with Crippen molar-refractivity contribution in [3.8, 4) is 0 Å². The smallest absolute Gasteiger partial charge is 0.323 e. The molecule has 2 heterocycles. The third-order valence-corrected chi connectivity index (χ3v) is 4.46. The van der Waals surface area contributed by atoms with E-state index in [1.54, 1.807) is 0 Å². The molecule has 2 N–H and O–H groups in total. The van der Waals surface area contributed by atoms with E-state index in [1.807, 2.05) is 22.2 Å². The van der Waals surface area contributed by atoms with E-state index in [0.29, 0.717) is 6.54 Å². The van der Waals surface area contributed by atoms with Gasteiger partial charge in [0.1, 0.15) is 6.54 Å². The van der Waals surface area contributed by atoms with E-state index in [2.05, 4.69) is 9.80 Å². The van der Waals surface area contributed by atoms with Crippen LogP contribution >= 0.6 is 0 Å². The minimum atomic E-state index is -0.814. The number of hydrogen-bond donors (Lipinski definition) is 2. The Bertz CT molecular complexity index is 457. The van der Waals surface area contributed by atoms with Crippen LogP contribution in [0.15, 0.2) is 12.4 Å². The summed E-state index contributed by atoms with van der Waals surface area (Å²) in [5.74, 6) is -1.59. The van der Waals surface area contributed by atoms with E-state index in [1.165, 1.54) is 0 Å². The molecule has 0 radical (unpaired) electrons. The van der Waals surface area contributed by atoms with Crippen molar-refractivity contribution < 1.29 is 19.8 Å². The summed E-state index contributed by atoms with van der Waals surface area (Å²) in [6, 6.07) is 0. The summed E-state index contributed by atoms with van der Waals surface area (Å²) in [7, 11) is 0. The highest BCUT2D eigenvalue weighted by atomic mass is 16.4. The zero-order chi connectivity index (χ0) is 17.4. The average molecular weight is 340 g/mol. The third kappa shape index (κ3) is 6.76. The van der Waals surface area contributed by atoms with E-state index < -0.39 is 11.9 Å². The van der Waals surface area contributed by atoms with Gasteiger partial charge in [-0.15, -0.1) is 0 Å². The van der Waals surface area contributed by atoms with E-state index in [0.717, 1.165) is 58.7 Å². The molecule has 0 aliphatic carbocycles. The molecule has 0 spiro atoms. The Labute approximate surface area is 142 Å². The fourth-order valence-electron chi connectivity index (χ4n) is 3.17. The van der Waals surface area contributed by atoms with Gasteiger partial charge < -0.3 is 24.9 Å². The van der Waals surface area contributed by atoms with E-state index >= 15 is 0 Å². The van der Waals surface area contributed by atoms with Crippen LogP contribution in [0.1, 0.15) is 12.8 Å². The topological polar surface area (TPSA) is 87.6 Å². The predicted molar refractivity (Wildman–Crippen MR) is 89.7 cm³/mol. The molecule has 24 heavy (non-hydrogen) atoms. The minimum absolute atomic E-state index is 0.0245. The van der Waals surface area contributed by atoms with Crippen LogP contribution in [0.5, 0.6) is 0 Å². The van der Waals surface area contributed by atoms with Crippen LogP contribution in [0.2, 0.25) is 0 Å². The summed E-state index contributed by atoms with van der Waals surface area (Å²) in [6.07, 6.45) is 5.66. The third-order valence-electron chi connectivity index (χ3n) is 4.46. The van der Waals surface area contributed by atoms with Gasteiger partial charge in [0.25, 0.3) is 0 Å².